The molecule has 1 unspecified atom stereocenters. The Balaban J connectivity index is 2.44. The fourth-order valence-electron chi connectivity index (χ4n) is 2.57. The molecule has 0 aliphatic carbocycles. The minimum absolute atomic E-state index is 0.778. The van der Waals surface area contributed by atoms with Gasteiger partial charge in [-0.15, -0.1) is 0 Å². The Hall–Kier alpha value is -0.780. The van der Waals surface area contributed by atoms with E-state index in [2.05, 4.69) is 52.3 Å². The van der Waals surface area contributed by atoms with Gasteiger partial charge in [0.2, 0.25) is 0 Å². The number of hydrogen-bond donors (Lipinski definition) is 0. The summed E-state index contributed by atoms with van der Waals surface area (Å²) in [5.74, 6) is 0.778. The van der Waals surface area contributed by atoms with Crippen molar-refractivity contribution in [1.29, 1.82) is 0 Å². The van der Waals surface area contributed by atoms with E-state index >= 15 is 0 Å². The van der Waals surface area contributed by atoms with Crippen LogP contribution in [0.4, 0.5) is 0 Å². The third-order valence-electron chi connectivity index (χ3n) is 3.94. The molecule has 0 heterocycles. The van der Waals surface area contributed by atoms with E-state index in [9.17, 15) is 0 Å². The second-order valence-corrected chi connectivity index (χ2v) is 5.76. The fourth-order valence-corrected chi connectivity index (χ4v) is 2.57. The molecule has 1 aromatic rings. The van der Waals surface area contributed by atoms with Crippen LogP contribution >= 0.6 is 0 Å². The number of aryl methyl sites for hydroxylation is 3. The quantitative estimate of drug-likeness (QED) is 0.527. The van der Waals surface area contributed by atoms with Crippen molar-refractivity contribution < 1.29 is 0 Å². The van der Waals surface area contributed by atoms with Gasteiger partial charge in [-0.2, -0.15) is 0 Å². The first-order chi connectivity index (χ1) is 9.19. The molecular formula is C19H31. The zero-order chi connectivity index (χ0) is 14.1. The zero-order valence-electron chi connectivity index (χ0n) is 13.3. The summed E-state index contributed by atoms with van der Waals surface area (Å²) in [5, 5.41) is 0. The molecule has 0 amide bonds. The van der Waals surface area contributed by atoms with Crippen molar-refractivity contribution >= 4 is 0 Å². The summed E-state index contributed by atoms with van der Waals surface area (Å²) >= 11 is 0. The third-order valence-corrected chi connectivity index (χ3v) is 3.94. The molecule has 0 aliphatic heterocycles. The summed E-state index contributed by atoms with van der Waals surface area (Å²) < 4.78 is 0. The van der Waals surface area contributed by atoms with Gasteiger partial charge in [-0.1, -0.05) is 65.2 Å². The molecule has 0 nitrogen and oxygen atoms in total. The summed E-state index contributed by atoms with van der Waals surface area (Å²) in [6.45, 7) is 9.12. The monoisotopic (exact) mass is 259 g/mol. The summed E-state index contributed by atoms with van der Waals surface area (Å²) in [4.78, 5) is 0. The van der Waals surface area contributed by atoms with Crippen molar-refractivity contribution in [1.82, 2.24) is 0 Å². The molecule has 0 aliphatic rings. The highest BCUT2D eigenvalue weighted by atomic mass is 14.1. The van der Waals surface area contributed by atoms with Gasteiger partial charge in [-0.05, 0) is 54.7 Å². The largest absolute Gasteiger partial charge is 0.0654 e. The molecule has 0 spiro atoms. The molecule has 0 heteroatoms. The average Bonchev–Trinajstić information content (AvgIpc) is 2.44. The summed E-state index contributed by atoms with van der Waals surface area (Å²) in [5.41, 5.74) is 4.51. The lowest BCUT2D eigenvalue weighted by Gasteiger charge is -2.11. The van der Waals surface area contributed by atoms with E-state index in [0.29, 0.717) is 0 Å². The highest BCUT2D eigenvalue weighted by Gasteiger charge is 2.04. The van der Waals surface area contributed by atoms with Crippen molar-refractivity contribution in [2.24, 2.45) is 5.92 Å². The molecule has 0 saturated carbocycles. The third kappa shape index (κ3) is 6.27. The maximum absolute atomic E-state index is 2.51. The van der Waals surface area contributed by atoms with Gasteiger partial charge >= 0.3 is 0 Å². The first-order valence-electron chi connectivity index (χ1n) is 8.14. The SMILES string of the molecule is CCCCC(C)[CH]CCc1cc(CC)cc(CC)c1. The number of unbranched alkanes of at least 4 members (excludes halogenated alkanes) is 1. The Morgan fingerprint density at radius 1 is 0.947 bits per heavy atom. The molecule has 0 bridgehead atoms. The van der Waals surface area contributed by atoms with Crippen LogP contribution in [0.5, 0.6) is 0 Å². The number of benzene rings is 1. The van der Waals surface area contributed by atoms with E-state index in [1.54, 1.807) is 0 Å². The van der Waals surface area contributed by atoms with E-state index in [4.69, 9.17) is 0 Å². The van der Waals surface area contributed by atoms with Gasteiger partial charge in [-0.3, -0.25) is 0 Å². The zero-order valence-corrected chi connectivity index (χ0v) is 13.3. The lowest BCUT2D eigenvalue weighted by atomic mass is 9.94. The molecule has 0 saturated heterocycles. The lowest BCUT2D eigenvalue weighted by molar-refractivity contribution is 0.547. The normalized spacial score (nSPS) is 12.6. The van der Waals surface area contributed by atoms with Crippen LogP contribution in [0.25, 0.3) is 0 Å². The Labute approximate surface area is 120 Å². The second-order valence-electron chi connectivity index (χ2n) is 5.76. The second kappa shape index (κ2) is 9.18. The van der Waals surface area contributed by atoms with Crippen LogP contribution in [-0.4, -0.2) is 0 Å². The molecule has 107 valence electrons. The predicted molar refractivity (Wildman–Crippen MR) is 86.5 cm³/mol. The highest BCUT2D eigenvalue weighted by Crippen LogP contribution is 2.17. The van der Waals surface area contributed by atoms with Crippen molar-refractivity contribution in [3.63, 3.8) is 0 Å². The molecule has 0 N–H and O–H groups in total. The molecule has 0 fully saturated rings. The lowest BCUT2D eigenvalue weighted by Crippen LogP contribution is -1.98. The van der Waals surface area contributed by atoms with Crippen LogP contribution < -0.4 is 0 Å². The fraction of sp³-hybridized carbons (Fsp3) is 0.632. The Kier molecular flexibility index (Phi) is 7.86. The first-order valence-corrected chi connectivity index (χ1v) is 8.14. The van der Waals surface area contributed by atoms with E-state index in [0.717, 1.165) is 18.8 Å². The highest BCUT2D eigenvalue weighted by molar-refractivity contribution is 5.30. The first kappa shape index (κ1) is 16.3. The molecule has 1 rings (SSSR count). The average molecular weight is 259 g/mol. The summed E-state index contributed by atoms with van der Waals surface area (Å²) in [7, 11) is 0. The molecule has 1 atom stereocenters. The van der Waals surface area contributed by atoms with Crippen LogP contribution in [0.1, 0.15) is 70.1 Å². The van der Waals surface area contributed by atoms with E-state index in [-0.39, 0.29) is 0 Å². The van der Waals surface area contributed by atoms with E-state index < -0.39 is 0 Å². The Bertz CT molecular complexity index is 329. The summed E-state index contributed by atoms with van der Waals surface area (Å²) in [6, 6.07) is 7.14. The van der Waals surface area contributed by atoms with Crippen LogP contribution in [0, 0.1) is 12.3 Å². The van der Waals surface area contributed by atoms with E-state index in [1.165, 1.54) is 48.8 Å². The minimum Gasteiger partial charge on any atom is -0.0654 e. The number of rotatable bonds is 9. The van der Waals surface area contributed by atoms with Gasteiger partial charge in [0.05, 0.1) is 0 Å². The predicted octanol–water partition coefficient (Wildman–Crippen LogP) is 5.77. The van der Waals surface area contributed by atoms with Crippen LogP contribution in [0.15, 0.2) is 18.2 Å². The van der Waals surface area contributed by atoms with Gasteiger partial charge in [0.25, 0.3) is 0 Å². The molecule has 1 aromatic carbocycles. The maximum Gasteiger partial charge on any atom is -0.0276 e. The van der Waals surface area contributed by atoms with Gasteiger partial charge in [0.15, 0.2) is 0 Å². The van der Waals surface area contributed by atoms with Gasteiger partial charge < -0.3 is 0 Å². The standard InChI is InChI=1S/C19H31/c1-5-8-10-16(4)11-9-12-19-14-17(6-2)13-18(7-3)15-19/h11,13-16H,5-10,12H2,1-4H3. The maximum atomic E-state index is 2.51. The molecule has 1 radical (unpaired) electrons. The minimum atomic E-state index is 0.778. The van der Waals surface area contributed by atoms with Crippen molar-refractivity contribution in [3.05, 3.63) is 41.3 Å². The molecule has 0 aromatic heterocycles. The molecular weight excluding hydrogens is 228 g/mol. The number of hydrogen-bond acceptors (Lipinski definition) is 0. The Morgan fingerprint density at radius 2 is 1.53 bits per heavy atom. The topological polar surface area (TPSA) is 0 Å². The van der Waals surface area contributed by atoms with Crippen LogP contribution in [-0.2, 0) is 19.3 Å². The van der Waals surface area contributed by atoms with Gasteiger partial charge in [0, 0.05) is 0 Å². The Morgan fingerprint density at radius 3 is 2.05 bits per heavy atom. The van der Waals surface area contributed by atoms with Crippen LogP contribution in [0.2, 0.25) is 0 Å². The molecule has 19 heavy (non-hydrogen) atoms. The van der Waals surface area contributed by atoms with Gasteiger partial charge in [-0.25, -0.2) is 0 Å². The van der Waals surface area contributed by atoms with Crippen molar-refractivity contribution in [3.8, 4) is 0 Å². The van der Waals surface area contributed by atoms with Crippen LogP contribution in [0.3, 0.4) is 0 Å². The van der Waals surface area contributed by atoms with E-state index in [1.807, 2.05) is 0 Å². The van der Waals surface area contributed by atoms with Crippen molar-refractivity contribution in [2.75, 3.05) is 0 Å². The summed E-state index contributed by atoms with van der Waals surface area (Å²) in [6.07, 6.45) is 11.3. The van der Waals surface area contributed by atoms with Gasteiger partial charge in [0.1, 0.15) is 0 Å². The van der Waals surface area contributed by atoms with Crippen molar-refractivity contribution in [2.45, 2.75) is 72.6 Å². The smallest absolute Gasteiger partial charge is 0.0276 e.